The summed E-state index contributed by atoms with van der Waals surface area (Å²) < 4.78 is 20.5. The number of nitrogens with one attached hydrogen (secondary N) is 3. The third-order valence-corrected chi connectivity index (χ3v) is 4.65. The van der Waals surface area contributed by atoms with Crippen molar-refractivity contribution in [3.05, 3.63) is 62.6 Å². The zero-order chi connectivity index (χ0) is 22.7. The van der Waals surface area contributed by atoms with Gasteiger partial charge in [-0.3, -0.25) is 14.9 Å². The number of benzene rings is 2. The first-order chi connectivity index (χ1) is 14.6. The minimum atomic E-state index is -0.777. The summed E-state index contributed by atoms with van der Waals surface area (Å²) in [6, 6.07) is 7.25. The number of nitrogens with two attached hydrogens (primary N) is 1. The highest BCUT2D eigenvalue weighted by Crippen LogP contribution is 2.35. The Hall–Kier alpha value is -3.01. The Morgan fingerprint density at radius 2 is 1.97 bits per heavy atom. The molecule has 162 valence electrons. The molecule has 0 bridgehead atoms. The van der Waals surface area contributed by atoms with Gasteiger partial charge in [-0.1, -0.05) is 40.9 Å². The lowest BCUT2D eigenvalue weighted by Crippen LogP contribution is -2.24. The van der Waals surface area contributed by atoms with E-state index in [1.807, 2.05) is 0 Å². The summed E-state index contributed by atoms with van der Waals surface area (Å²) in [5.74, 6) is -1.87. The van der Waals surface area contributed by atoms with Crippen LogP contribution in [0.1, 0.15) is 23.0 Å². The molecule has 0 unspecified atom stereocenters. The van der Waals surface area contributed by atoms with Gasteiger partial charge in [0.15, 0.2) is 16.7 Å². The van der Waals surface area contributed by atoms with E-state index >= 15 is 0 Å². The Morgan fingerprint density at radius 3 is 2.65 bits per heavy atom. The van der Waals surface area contributed by atoms with Gasteiger partial charge in [0.25, 0.3) is 5.91 Å². The second-order valence-electron chi connectivity index (χ2n) is 6.29. The van der Waals surface area contributed by atoms with Crippen molar-refractivity contribution in [1.29, 1.82) is 0 Å². The van der Waals surface area contributed by atoms with Gasteiger partial charge in [-0.15, -0.1) is 0 Å². The van der Waals surface area contributed by atoms with E-state index in [0.717, 1.165) is 0 Å². The number of imidazole rings is 1. The molecular formula is C19H15Cl3FN5O3. The van der Waals surface area contributed by atoms with Crippen molar-refractivity contribution in [3.63, 3.8) is 0 Å². The number of amides is 2. The molecule has 3 aromatic rings. The molecule has 1 heterocycles. The van der Waals surface area contributed by atoms with E-state index in [4.69, 9.17) is 45.3 Å². The molecule has 2 aromatic carbocycles. The Balaban J connectivity index is 1.77. The fourth-order valence-electron chi connectivity index (χ4n) is 2.56. The minimum absolute atomic E-state index is 0.0109. The van der Waals surface area contributed by atoms with Crippen molar-refractivity contribution in [2.24, 2.45) is 0 Å². The standard InChI is InChI=1S/C19H15Cl3FN5O3/c1-8(29)26-19-27-15(17(22)28-19)18(30)25-7-9-2-3-13(21)16(14(9)23)31-12-5-10(20)4-11(24)6-12/h2-6H,7,24H2,1H3,(H,25,30)(H2,26,27,28,29). The maximum atomic E-state index is 15.0. The number of rotatable bonds is 6. The van der Waals surface area contributed by atoms with Crippen molar-refractivity contribution in [3.8, 4) is 11.5 Å². The zero-order valence-electron chi connectivity index (χ0n) is 15.9. The first-order valence-electron chi connectivity index (χ1n) is 8.66. The summed E-state index contributed by atoms with van der Waals surface area (Å²) in [6.07, 6.45) is 0. The molecule has 12 heteroatoms. The van der Waals surface area contributed by atoms with E-state index < -0.39 is 17.6 Å². The number of hydrogen-bond donors (Lipinski definition) is 4. The maximum absolute atomic E-state index is 15.0. The van der Waals surface area contributed by atoms with Gasteiger partial charge in [0, 0.05) is 35.8 Å². The van der Waals surface area contributed by atoms with Crippen LogP contribution in [0, 0.1) is 5.82 Å². The summed E-state index contributed by atoms with van der Waals surface area (Å²) >= 11 is 17.9. The Labute approximate surface area is 190 Å². The van der Waals surface area contributed by atoms with Crippen LogP contribution in [0.5, 0.6) is 11.5 Å². The van der Waals surface area contributed by atoms with Crippen molar-refractivity contribution in [2.75, 3.05) is 11.1 Å². The number of carbonyl (C=O) groups is 2. The fraction of sp³-hybridized carbons (Fsp3) is 0.105. The SMILES string of the molecule is CC(=O)Nc1nc(Cl)c(C(=O)NCc2ccc(Cl)c(Oc3cc(N)cc(Cl)c3)c2F)[nH]1. The van der Waals surface area contributed by atoms with Crippen LogP contribution >= 0.6 is 34.8 Å². The van der Waals surface area contributed by atoms with Crippen LogP contribution in [0.15, 0.2) is 30.3 Å². The molecule has 0 aliphatic rings. The number of hydrogen-bond acceptors (Lipinski definition) is 5. The molecule has 0 atom stereocenters. The maximum Gasteiger partial charge on any atom is 0.271 e. The average molecular weight is 487 g/mol. The van der Waals surface area contributed by atoms with Gasteiger partial charge in [0.05, 0.1) is 5.02 Å². The predicted octanol–water partition coefficient (Wildman–Crippen LogP) is 4.77. The normalized spacial score (nSPS) is 10.6. The molecular weight excluding hydrogens is 472 g/mol. The van der Waals surface area contributed by atoms with E-state index in [1.165, 1.54) is 37.3 Å². The summed E-state index contributed by atoms with van der Waals surface area (Å²) in [7, 11) is 0. The third-order valence-electron chi connectivity index (χ3n) is 3.86. The fourth-order valence-corrected chi connectivity index (χ4v) is 3.19. The van der Waals surface area contributed by atoms with Crippen LogP contribution in [0.3, 0.4) is 0 Å². The van der Waals surface area contributed by atoms with Gasteiger partial charge in [-0.2, -0.15) is 0 Å². The molecule has 0 saturated carbocycles. The van der Waals surface area contributed by atoms with Gasteiger partial charge in [-0.25, -0.2) is 9.37 Å². The highest BCUT2D eigenvalue weighted by atomic mass is 35.5. The van der Waals surface area contributed by atoms with Gasteiger partial charge >= 0.3 is 0 Å². The lowest BCUT2D eigenvalue weighted by molar-refractivity contribution is -0.114. The van der Waals surface area contributed by atoms with E-state index in [2.05, 4.69) is 20.6 Å². The highest BCUT2D eigenvalue weighted by molar-refractivity contribution is 6.33. The number of carbonyl (C=O) groups excluding carboxylic acids is 2. The lowest BCUT2D eigenvalue weighted by atomic mass is 10.2. The molecule has 1 aromatic heterocycles. The molecule has 8 nitrogen and oxygen atoms in total. The molecule has 0 spiro atoms. The summed E-state index contributed by atoms with van der Waals surface area (Å²) in [4.78, 5) is 29.9. The quantitative estimate of drug-likeness (QED) is 0.374. The zero-order valence-corrected chi connectivity index (χ0v) is 18.1. The van der Waals surface area contributed by atoms with E-state index in [1.54, 1.807) is 0 Å². The Morgan fingerprint density at radius 1 is 1.23 bits per heavy atom. The van der Waals surface area contributed by atoms with Crippen LogP contribution in [-0.4, -0.2) is 21.8 Å². The first-order valence-corrected chi connectivity index (χ1v) is 9.79. The molecule has 0 aliphatic carbocycles. The first kappa shape index (κ1) is 22.7. The number of aromatic amines is 1. The molecule has 0 radical (unpaired) electrons. The minimum Gasteiger partial charge on any atom is -0.453 e. The van der Waals surface area contributed by atoms with Gasteiger partial charge in [0.1, 0.15) is 11.4 Å². The monoisotopic (exact) mass is 485 g/mol. The predicted molar refractivity (Wildman–Crippen MR) is 116 cm³/mol. The van der Waals surface area contributed by atoms with Crippen molar-refractivity contribution < 1.29 is 18.7 Å². The number of halogens is 4. The number of nitrogen functional groups attached to an aromatic ring is 1. The summed E-state index contributed by atoms with van der Waals surface area (Å²) in [5.41, 5.74) is 6.05. The van der Waals surface area contributed by atoms with Crippen LogP contribution < -0.4 is 21.1 Å². The summed E-state index contributed by atoms with van der Waals surface area (Å²) in [5, 5.41) is 5.05. The van der Waals surface area contributed by atoms with Crippen LogP contribution in [0.4, 0.5) is 16.0 Å². The van der Waals surface area contributed by atoms with Crippen molar-refractivity contribution in [2.45, 2.75) is 13.5 Å². The second kappa shape index (κ2) is 9.42. The molecule has 0 saturated heterocycles. The number of nitrogens with zero attached hydrogens (tertiary/aromatic N) is 1. The molecule has 2 amide bonds. The molecule has 0 aliphatic heterocycles. The van der Waals surface area contributed by atoms with Gasteiger partial charge in [-0.05, 0) is 18.2 Å². The summed E-state index contributed by atoms with van der Waals surface area (Å²) in [6.45, 7) is 1.07. The molecule has 5 N–H and O–H groups in total. The number of ether oxygens (including phenoxy) is 1. The van der Waals surface area contributed by atoms with E-state index in [0.29, 0.717) is 10.7 Å². The van der Waals surface area contributed by atoms with Crippen LogP contribution in [0.2, 0.25) is 15.2 Å². The van der Waals surface area contributed by atoms with Gasteiger partial charge in [0.2, 0.25) is 11.9 Å². The number of H-pyrrole nitrogens is 1. The van der Waals surface area contributed by atoms with Crippen molar-refractivity contribution in [1.82, 2.24) is 15.3 Å². The van der Waals surface area contributed by atoms with Crippen molar-refractivity contribution >= 4 is 58.3 Å². The lowest BCUT2D eigenvalue weighted by Gasteiger charge is -2.13. The number of anilines is 2. The van der Waals surface area contributed by atoms with Gasteiger partial charge < -0.3 is 20.8 Å². The molecule has 3 rings (SSSR count). The Bertz CT molecular complexity index is 1150. The Kier molecular flexibility index (Phi) is 6.89. The molecule has 31 heavy (non-hydrogen) atoms. The largest absolute Gasteiger partial charge is 0.453 e. The van der Waals surface area contributed by atoms with E-state index in [-0.39, 0.29) is 45.4 Å². The second-order valence-corrected chi connectivity index (χ2v) is 7.49. The average Bonchev–Trinajstić information content (AvgIpc) is 3.03. The van der Waals surface area contributed by atoms with E-state index in [9.17, 15) is 14.0 Å². The smallest absolute Gasteiger partial charge is 0.271 e. The third kappa shape index (κ3) is 5.57. The number of aromatic nitrogens is 2. The van der Waals surface area contributed by atoms with Crippen LogP contribution in [0.25, 0.3) is 0 Å². The van der Waals surface area contributed by atoms with Crippen LogP contribution in [-0.2, 0) is 11.3 Å². The topological polar surface area (TPSA) is 122 Å². The highest BCUT2D eigenvalue weighted by Gasteiger charge is 2.19. The molecule has 0 fully saturated rings.